The number of hydrogen-bond acceptors (Lipinski definition) is 6. The van der Waals surface area contributed by atoms with Crippen molar-refractivity contribution in [3.63, 3.8) is 0 Å². The molecule has 8 heteroatoms. The predicted molar refractivity (Wildman–Crippen MR) is 82.0 cm³/mol. The van der Waals surface area contributed by atoms with E-state index in [-0.39, 0.29) is 29.3 Å². The van der Waals surface area contributed by atoms with E-state index in [0.29, 0.717) is 12.8 Å². The highest BCUT2D eigenvalue weighted by Crippen LogP contribution is 2.34. The van der Waals surface area contributed by atoms with Crippen LogP contribution >= 0.6 is 0 Å². The molecule has 0 bridgehead atoms. The van der Waals surface area contributed by atoms with Gasteiger partial charge in [0.15, 0.2) is 11.5 Å². The first-order chi connectivity index (χ1) is 10.9. The third-order valence-electron chi connectivity index (χ3n) is 4.06. The van der Waals surface area contributed by atoms with Crippen molar-refractivity contribution in [2.75, 3.05) is 20.8 Å². The van der Waals surface area contributed by atoms with E-state index in [1.54, 1.807) is 0 Å². The average Bonchev–Trinajstić information content (AvgIpc) is 2.98. The number of carbonyl (C=O) groups excluding carboxylic acids is 1. The Labute approximate surface area is 133 Å². The first-order valence-corrected chi connectivity index (χ1v) is 7.31. The summed E-state index contributed by atoms with van der Waals surface area (Å²) in [6.07, 6.45) is 3.04. The summed E-state index contributed by atoms with van der Waals surface area (Å²) < 4.78 is 10.1. The van der Waals surface area contributed by atoms with Crippen LogP contribution in [0.2, 0.25) is 0 Å². The lowest BCUT2D eigenvalue weighted by Crippen LogP contribution is -2.40. The zero-order valence-corrected chi connectivity index (χ0v) is 13.1. The summed E-state index contributed by atoms with van der Waals surface area (Å²) in [7, 11) is 2.74. The number of nitro groups is 1. The quantitative estimate of drug-likeness (QED) is 0.608. The first kappa shape index (κ1) is 17.0. The van der Waals surface area contributed by atoms with Crippen LogP contribution in [0.1, 0.15) is 36.0 Å². The minimum Gasteiger partial charge on any atom is -0.493 e. The summed E-state index contributed by atoms with van der Waals surface area (Å²) in [4.78, 5) is 22.9. The normalized spacial score (nSPS) is 16.0. The molecule has 0 unspecified atom stereocenters. The fourth-order valence-corrected chi connectivity index (χ4v) is 2.75. The SMILES string of the molecule is COc1cc(C(=O)NCC2(O)CCCC2)c([N+](=O)[O-])cc1OC. The van der Waals surface area contributed by atoms with Crippen LogP contribution in [0.5, 0.6) is 11.5 Å². The summed E-state index contributed by atoms with van der Waals surface area (Å²) in [5.74, 6) is -0.231. The summed E-state index contributed by atoms with van der Waals surface area (Å²) in [6.45, 7) is 0.0668. The van der Waals surface area contributed by atoms with Crippen LogP contribution in [0.4, 0.5) is 5.69 Å². The topological polar surface area (TPSA) is 111 Å². The van der Waals surface area contributed by atoms with E-state index in [9.17, 15) is 20.0 Å². The van der Waals surface area contributed by atoms with Gasteiger partial charge in [-0.3, -0.25) is 14.9 Å². The molecule has 0 aliphatic heterocycles. The van der Waals surface area contributed by atoms with E-state index < -0.39 is 16.4 Å². The molecule has 2 N–H and O–H groups in total. The summed E-state index contributed by atoms with van der Waals surface area (Å²) in [5.41, 5.74) is -1.44. The largest absolute Gasteiger partial charge is 0.493 e. The molecule has 1 aliphatic carbocycles. The molecule has 0 heterocycles. The zero-order valence-electron chi connectivity index (χ0n) is 13.1. The fourth-order valence-electron chi connectivity index (χ4n) is 2.75. The van der Waals surface area contributed by atoms with Crippen LogP contribution in [-0.4, -0.2) is 42.3 Å². The lowest BCUT2D eigenvalue weighted by Gasteiger charge is -2.22. The second-order valence-corrected chi connectivity index (χ2v) is 5.60. The molecule has 126 valence electrons. The van der Waals surface area contributed by atoms with E-state index in [0.717, 1.165) is 18.9 Å². The fraction of sp³-hybridized carbons (Fsp3) is 0.533. The van der Waals surface area contributed by atoms with Crippen LogP contribution in [0.15, 0.2) is 12.1 Å². The Bertz CT molecular complexity index is 610. The van der Waals surface area contributed by atoms with E-state index >= 15 is 0 Å². The van der Waals surface area contributed by atoms with Crippen molar-refractivity contribution < 1.29 is 24.3 Å². The highest BCUT2D eigenvalue weighted by atomic mass is 16.6. The second kappa shape index (κ2) is 6.82. The average molecular weight is 324 g/mol. The van der Waals surface area contributed by atoms with E-state index in [2.05, 4.69) is 5.32 Å². The maximum atomic E-state index is 12.3. The molecule has 1 amide bonds. The molecule has 1 aromatic carbocycles. The van der Waals surface area contributed by atoms with Gasteiger partial charge in [-0.15, -0.1) is 0 Å². The maximum Gasteiger partial charge on any atom is 0.286 e. The molecule has 0 saturated heterocycles. The molecule has 1 aromatic rings. The van der Waals surface area contributed by atoms with Gasteiger partial charge in [0.25, 0.3) is 11.6 Å². The highest BCUT2D eigenvalue weighted by Gasteiger charge is 2.32. The van der Waals surface area contributed by atoms with Crippen LogP contribution < -0.4 is 14.8 Å². The molecule has 1 aliphatic rings. The van der Waals surface area contributed by atoms with Crippen molar-refractivity contribution in [3.05, 3.63) is 27.8 Å². The monoisotopic (exact) mass is 324 g/mol. The van der Waals surface area contributed by atoms with Crippen LogP contribution in [-0.2, 0) is 0 Å². The van der Waals surface area contributed by atoms with Gasteiger partial charge in [-0.25, -0.2) is 0 Å². The number of amides is 1. The van der Waals surface area contributed by atoms with Crippen molar-refractivity contribution in [2.45, 2.75) is 31.3 Å². The summed E-state index contributed by atoms with van der Waals surface area (Å²) in [5, 5.41) is 24.0. The van der Waals surface area contributed by atoms with Gasteiger partial charge in [-0.2, -0.15) is 0 Å². The Morgan fingerprint density at radius 1 is 1.30 bits per heavy atom. The molecular weight excluding hydrogens is 304 g/mol. The second-order valence-electron chi connectivity index (χ2n) is 5.60. The maximum absolute atomic E-state index is 12.3. The molecule has 8 nitrogen and oxygen atoms in total. The van der Waals surface area contributed by atoms with Crippen LogP contribution in [0, 0.1) is 10.1 Å². The van der Waals surface area contributed by atoms with E-state index in [4.69, 9.17) is 9.47 Å². The lowest BCUT2D eigenvalue weighted by molar-refractivity contribution is -0.385. The molecular formula is C15H20N2O6. The highest BCUT2D eigenvalue weighted by molar-refractivity contribution is 5.99. The molecule has 0 radical (unpaired) electrons. The van der Waals surface area contributed by atoms with Crippen LogP contribution in [0.25, 0.3) is 0 Å². The smallest absolute Gasteiger partial charge is 0.286 e. The van der Waals surface area contributed by atoms with Gasteiger partial charge < -0.3 is 19.9 Å². The van der Waals surface area contributed by atoms with Gasteiger partial charge in [0.1, 0.15) is 5.56 Å². The zero-order chi connectivity index (χ0) is 17.0. The van der Waals surface area contributed by atoms with Crippen molar-refractivity contribution in [1.82, 2.24) is 5.32 Å². The molecule has 0 spiro atoms. The minimum atomic E-state index is -0.930. The van der Waals surface area contributed by atoms with Crippen molar-refractivity contribution in [2.24, 2.45) is 0 Å². The first-order valence-electron chi connectivity index (χ1n) is 7.31. The molecule has 0 atom stereocenters. The van der Waals surface area contributed by atoms with Gasteiger partial charge in [-0.05, 0) is 12.8 Å². The number of nitro benzene ring substituents is 1. The molecule has 0 aromatic heterocycles. The Kier molecular flexibility index (Phi) is 5.05. The minimum absolute atomic E-state index is 0.0668. The van der Waals surface area contributed by atoms with E-state index in [1.807, 2.05) is 0 Å². The number of carbonyl (C=O) groups is 1. The van der Waals surface area contributed by atoms with Crippen molar-refractivity contribution >= 4 is 11.6 Å². The molecule has 23 heavy (non-hydrogen) atoms. The number of hydrogen-bond donors (Lipinski definition) is 2. The summed E-state index contributed by atoms with van der Waals surface area (Å²) >= 11 is 0. The Hall–Kier alpha value is -2.35. The Morgan fingerprint density at radius 3 is 2.39 bits per heavy atom. The molecule has 1 saturated carbocycles. The van der Waals surface area contributed by atoms with E-state index in [1.165, 1.54) is 20.3 Å². The number of nitrogens with one attached hydrogen (secondary N) is 1. The third kappa shape index (κ3) is 3.70. The van der Waals surface area contributed by atoms with Crippen LogP contribution in [0.3, 0.4) is 0 Å². The van der Waals surface area contributed by atoms with Gasteiger partial charge in [0.2, 0.25) is 0 Å². The molecule has 2 rings (SSSR count). The van der Waals surface area contributed by atoms with Crippen molar-refractivity contribution in [3.8, 4) is 11.5 Å². The number of ether oxygens (including phenoxy) is 2. The number of rotatable bonds is 6. The number of methoxy groups -OCH3 is 2. The van der Waals surface area contributed by atoms with Crippen molar-refractivity contribution in [1.29, 1.82) is 0 Å². The number of benzene rings is 1. The molecule has 1 fully saturated rings. The third-order valence-corrected chi connectivity index (χ3v) is 4.06. The standard InChI is InChI=1S/C15H20N2O6/c1-22-12-7-10(11(17(20)21)8-13(12)23-2)14(18)16-9-15(19)5-3-4-6-15/h7-8,19H,3-6,9H2,1-2H3,(H,16,18). The van der Waals surface area contributed by atoms with Gasteiger partial charge >= 0.3 is 0 Å². The number of nitrogens with zero attached hydrogens (tertiary/aromatic N) is 1. The predicted octanol–water partition coefficient (Wildman–Crippen LogP) is 1.65. The summed E-state index contributed by atoms with van der Waals surface area (Å²) in [6, 6.07) is 2.42. The van der Waals surface area contributed by atoms with Gasteiger partial charge in [0.05, 0.1) is 30.8 Å². The Morgan fingerprint density at radius 2 is 1.87 bits per heavy atom. The lowest BCUT2D eigenvalue weighted by atomic mass is 10.0. The van der Waals surface area contributed by atoms with Gasteiger partial charge in [-0.1, -0.05) is 12.8 Å². The Balaban J connectivity index is 2.25. The number of aliphatic hydroxyl groups is 1. The van der Waals surface area contributed by atoms with Gasteiger partial charge in [0, 0.05) is 12.6 Å².